The Bertz CT molecular complexity index is 381. The highest BCUT2D eigenvalue weighted by Crippen LogP contribution is 2.34. The van der Waals surface area contributed by atoms with Gasteiger partial charge in [-0.05, 0) is 24.8 Å². The number of nitriles is 1. The molecule has 0 radical (unpaired) electrons. The lowest BCUT2D eigenvalue weighted by Crippen LogP contribution is -1.88. The summed E-state index contributed by atoms with van der Waals surface area (Å²) >= 11 is 13.4. The van der Waals surface area contributed by atoms with E-state index in [0.29, 0.717) is 15.6 Å². The van der Waals surface area contributed by atoms with Gasteiger partial charge in [0.15, 0.2) is 0 Å². The molecule has 0 amide bonds. The highest BCUT2D eigenvalue weighted by molar-refractivity contribution is 7.98. The number of halogens is 2. The minimum absolute atomic E-state index is 0.462. The van der Waals surface area contributed by atoms with Crippen LogP contribution in [0.2, 0.25) is 10.0 Å². The molecular formula is C9H7Cl2NS. The zero-order chi connectivity index (χ0) is 10.0. The van der Waals surface area contributed by atoms with Crippen LogP contribution in [-0.4, -0.2) is 6.26 Å². The van der Waals surface area contributed by atoms with Crippen molar-refractivity contribution in [1.82, 2.24) is 0 Å². The van der Waals surface area contributed by atoms with E-state index in [4.69, 9.17) is 28.5 Å². The Kier molecular flexibility index (Phi) is 3.49. The zero-order valence-electron chi connectivity index (χ0n) is 7.19. The number of rotatable bonds is 1. The van der Waals surface area contributed by atoms with E-state index in [1.165, 1.54) is 11.8 Å². The molecule has 0 bridgehead atoms. The minimum Gasteiger partial charge on any atom is -0.192 e. The number of benzene rings is 1. The molecule has 0 saturated heterocycles. The van der Waals surface area contributed by atoms with E-state index in [1.54, 1.807) is 13.0 Å². The first-order valence-corrected chi connectivity index (χ1v) is 5.52. The first-order valence-electron chi connectivity index (χ1n) is 3.54. The van der Waals surface area contributed by atoms with Crippen LogP contribution in [0.5, 0.6) is 0 Å². The van der Waals surface area contributed by atoms with Crippen molar-refractivity contribution < 1.29 is 0 Å². The van der Waals surface area contributed by atoms with E-state index < -0.39 is 0 Å². The Balaban J connectivity index is 3.48. The molecule has 0 aromatic heterocycles. The standard InChI is InChI=1S/C9H7Cl2NS/c1-5-6(4-12)7(10)3-8(13-2)9(5)11/h3H,1-2H3. The molecule has 1 aromatic carbocycles. The fourth-order valence-electron chi connectivity index (χ4n) is 1.01. The van der Waals surface area contributed by atoms with Gasteiger partial charge in [-0.3, -0.25) is 0 Å². The van der Waals surface area contributed by atoms with Crippen LogP contribution in [0.3, 0.4) is 0 Å². The predicted octanol–water partition coefficient (Wildman–Crippen LogP) is 3.90. The van der Waals surface area contributed by atoms with Crippen molar-refractivity contribution in [2.75, 3.05) is 6.26 Å². The van der Waals surface area contributed by atoms with Crippen LogP contribution in [0, 0.1) is 18.3 Å². The van der Waals surface area contributed by atoms with Gasteiger partial charge < -0.3 is 0 Å². The Hall–Kier alpha value is -0.360. The summed E-state index contributed by atoms with van der Waals surface area (Å²) in [6.45, 7) is 1.80. The minimum atomic E-state index is 0.462. The molecule has 4 heteroatoms. The van der Waals surface area contributed by atoms with Crippen LogP contribution in [-0.2, 0) is 0 Å². The van der Waals surface area contributed by atoms with Gasteiger partial charge in [-0.2, -0.15) is 5.26 Å². The summed E-state index contributed by atoms with van der Waals surface area (Å²) < 4.78 is 0. The lowest BCUT2D eigenvalue weighted by atomic mass is 10.1. The normalized spacial score (nSPS) is 9.77. The molecule has 0 aliphatic carbocycles. The molecule has 0 aliphatic rings. The fourth-order valence-corrected chi connectivity index (χ4v) is 2.32. The summed E-state index contributed by atoms with van der Waals surface area (Å²) in [5, 5.41) is 9.87. The summed E-state index contributed by atoms with van der Waals surface area (Å²) in [5.41, 5.74) is 1.21. The van der Waals surface area contributed by atoms with Crippen LogP contribution in [0.25, 0.3) is 0 Å². The van der Waals surface area contributed by atoms with Crippen molar-refractivity contribution >= 4 is 35.0 Å². The topological polar surface area (TPSA) is 23.8 Å². The summed E-state index contributed by atoms with van der Waals surface area (Å²) in [7, 11) is 0. The quantitative estimate of drug-likeness (QED) is 0.685. The molecule has 68 valence electrons. The molecule has 1 nitrogen and oxygen atoms in total. The van der Waals surface area contributed by atoms with E-state index in [1.807, 2.05) is 12.3 Å². The van der Waals surface area contributed by atoms with Crippen LogP contribution in [0.1, 0.15) is 11.1 Å². The van der Waals surface area contributed by atoms with Crippen LogP contribution in [0.4, 0.5) is 0 Å². The van der Waals surface area contributed by atoms with Crippen molar-refractivity contribution in [3.8, 4) is 6.07 Å². The van der Waals surface area contributed by atoms with Gasteiger partial charge in [-0.25, -0.2) is 0 Å². The molecule has 1 rings (SSSR count). The molecule has 0 heterocycles. The number of nitrogens with zero attached hydrogens (tertiary/aromatic N) is 1. The summed E-state index contributed by atoms with van der Waals surface area (Å²) in [6, 6.07) is 3.75. The Morgan fingerprint density at radius 2 is 2.08 bits per heavy atom. The third-order valence-electron chi connectivity index (χ3n) is 1.75. The van der Waals surface area contributed by atoms with E-state index >= 15 is 0 Å². The number of hydrogen-bond acceptors (Lipinski definition) is 2. The first-order chi connectivity index (χ1) is 6.11. The van der Waals surface area contributed by atoms with Gasteiger partial charge in [-0.15, -0.1) is 11.8 Å². The molecule has 0 N–H and O–H groups in total. The van der Waals surface area contributed by atoms with Crippen LogP contribution < -0.4 is 0 Å². The van der Waals surface area contributed by atoms with Crippen molar-refractivity contribution in [3.63, 3.8) is 0 Å². The first kappa shape index (κ1) is 10.7. The van der Waals surface area contributed by atoms with E-state index in [0.717, 1.165) is 10.5 Å². The lowest BCUT2D eigenvalue weighted by molar-refractivity contribution is 1.32. The second-order valence-electron chi connectivity index (χ2n) is 2.49. The van der Waals surface area contributed by atoms with Crippen LogP contribution in [0.15, 0.2) is 11.0 Å². The number of hydrogen-bond donors (Lipinski definition) is 0. The Labute approximate surface area is 91.6 Å². The van der Waals surface area contributed by atoms with Crippen molar-refractivity contribution in [2.45, 2.75) is 11.8 Å². The zero-order valence-corrected chi connectivity index (χ0v) is 9.52. The van der Waals surface area contributed by atoms with E-state index in [-0.39, 0.29) is 0 Å². The Morgan fingerprint density at radius 1 is 1.46 bits per heavy atom. The molecule has 0 unspecified atom stereocenters. The second kappa shape index (κ2) is 4.23. The monoisotopic (exact) mass is 231 g/mol. The van der Waals surface area contributed by atoms with Crippen molar-refractivity contribution in [3.05, 3.63) is 27.2 Å². The van der Waals surface area contributed by atoms with Gasteiger partial charge >= 0.3 is 0 Å². The molecule has 0 spiro atoms. The molecule has 0 saturated carbocycles. The molecule has 0 aliphatic heterocycles. The van der Waals surface area contributed by atoms with Crippen molar-refractivity contribution in [1.29, 1.82) is 5.26 Å². The lowest BCUT2D eigenvalue weighted by Gasteiger charge is -2.07. The maximum Gasteiger partial charge on any atom is 0.101 e. The average Bonchev–Trinajstić information content (AvgIpc) is 2.12. The van der Waals surface area contributed by atoms with Crippen molar-refractivity contribution in [2.24, 2.45) is 0 Å². The third-order valence-corrected chi connectivity index (χ3v) is 3.41. The molecule has 13 heavy (non-hydrogen) atoms. The highest BCUT2D eigenvalue weighted by atomic mass is 35.5. The Morgan fingerprint density at radius 3 is 2.54 bits per heavy atom. The smallest absolute Gasteiger partial charge is 0.101 e. The molecule has 1 aromatic rings. The van der Waals surface area contributed by atoms with Gasteiger partial charge in [0.2, 0.25) is 0 Å². The highest BCUT2D eigenvalue weighted by Gasteiger charge is 2.11. The summed E-state index contributed by atoms with van der Waals surface area (Å²) in [4.78, 5) is 0.906. The van der Waals surface area contributed by atoms with Crippen LogP contribution >= 0.6 is 35.0 Å². The van der Waals surface area contributed by atoms with Gasteiger partial charge in [0.1, 0.15) is 6.07 Å². The largest absolute Gasteiger partial charge is 0.192 e. The SMILES string of the molecule is CSc1cc(Cl)c(C#N)c(C)c1Cl. The maximum absolute atomic E-state index is 8.79. The van der Waals surface area contributed by atoms with Gasteiger partial charge in [0, 0.05) is 4.90 Å². The summed E-state index contributed by atoms with van der Waals surface area (Å²) in [6.07, 6.45) is 1.92. The second-order valence-corrected chi connectivity index (χ2v) is 4.12. The molecular weight excluding hydrogens is 225 g/mol. The van der Waals surface area contributed by atoms with Gasteiger partial charge in [0.25, 0.3) is 0 Å². The molecule has 0 fully saturated rings. The average molecular weight is 232 g/mol. The van der Waals surface area contributed by atoms with Gasteiger partial charge in [0.05, 0.1) is 15.6 Å². The molecule has 0 atom stereocenters. The van der Waals surface area contributed by atoms with E-state index in [2.05, 4.69) is 0 Å². The summed E-state index contributed by atoms with van der Waals surface area (Å²) in [5.74, 6) is 0. The van der Waals surface area contributed by atoms with E-state index in [9.17, 15) is 0 Å². The third kappa shape index (κ3) is 1.94. The fraction of sp³-hybridized carbons (Fsp3) is 0.222. The van der Waals surface area contributed by atoms with Gasteiger partial charge in [-0.1, -0.05) is 23.2 Å². The number of thioether (sulfide) groups is 1. The predicted molar refractivity (Wildman–Crippen MR) is 57.7 cm³/mol. The maximum atomic E-state index is 8.79.